The summed E-state index contributed by atoms with van der Waals surface area (Å²) in [5.74, 6) is 0.179. The Labute approximate surface area is 67.6 Å². The summed E-state index contributed by atoms with van der Waals surface area (Å²) < 4.78 is 0. The van der Waals surface area contributed by atoms with Gasteiger partial charge >= 0.3 is 0 Å². The lowest BCUT2D eigenvalue weighted by atomic mass is 10.0. The maximum Gasteiger partial charge on any atom is 0.220 e. The van der Waals surface area contributed by atoms with Gasteiger partial charge in [-0.3, -0.25) is 9.59 Å². The van der Waals surface area contributed by atoms with Crippen molar-refractivity contribution < 1.29 is 11.0 Å². The zero-order chi connectivity index (χ0) is 8.43. The summed E-state index contributed by atoms with van der Waals surface area (Å²) in [5.41, 5.74) is 0. The summed E-state index contributed by atoms with van der Waals surface area (Å²) in [4.78, 5) is 22.0. The van der Waals surface area contributed by atoms with Crippen molar-refractivity contribution in [2.24, 2.45) is 5.92 Å². The predicted molar refractivity (Wildman–Crippen MR) is 43.1 cm³/mol. The fourth-order valence-electron chi connectivity index (χ4n) is 1.23. The van der Waals surface area contributed by atoms with Gasteiger partial charge in [-0.25, -0.2) is 0 Å². The van der Waals surface area contributed by atoms with Crippen molar-refractivity contribution in [1.29, 1.82) is 0 Å². The Kier molecular flexibility index (Phi) is 2.27. The SMILES string of the molecule is CC(C)C(=O)C1CCC(=O)N1.[HH]. The lowest BCUT2D eigenvalue weighted by Gasteiger charge is -2.10. The van der Waals surface area contributed by atoms with E-state index >= 15 is 0 Å². The van der Waals surface area contributed by atoms with Crippen LogP contribution in [0.2, 0.25) is 0 Å². The van der Waals surface area contributed by atoms with Gasteiger partial charge in [0.1, 0.15) is 0 Å². The molecule has 1 aliphatic rings. The topological polar surface area (TPSA) is 46.2 Å². The van der Waals surface area contributed by atoms with Crippen molar-refractivity contribution in [3.8, 4) is 0 Å². The first-order valence-corrected chi connectivity index (χ1v) is 3.94. The Morgan fingerprint density at radius 2 is 2.36 bits per heavy atom. The Morgan fingerprint density at radius 3 is 2.73 bits per heavy atom. The van der Waals surface area contributed by atoms with Crippen molar-refractivity contribution in [1.82, 2.24) is 5.32 Å². The van der Waals surface area contributed by atoms with Gasteiger partial charge in [0.25, 0.3) is 0 Å². The van der Waals surface area contributed by atoms with Crippen LogP contribution in [0.5, 0.6) is 0 Å². The van der Waals surface area contributed by atoms with E-state index in [9.17, 15) is 9.59 Å². The highest BCUT2D eigenvalue weighted by Crippen LogP contribution is 2.11. The van der Waals surface area contributed by atoms with Gasteiger partial charge in [-0.1, -0.05) is 13.8 Å². The summed E-state index contributed by atoms with van der Waals surface area (Å²) in [5, 5.41) is 2.65. The smallest absolute Gasteiger partial charge is 0.220 e. The molecule has 11 heavy (non-hydrogen) atoms. The van der Waals surface area contributed by atoms with Gasteiger partial charge in [0.2, 0.25) is 5.91 Å². The van der Waals surface area contributed by atoms with E-state index in [0.29, 0.717) is 12.8 Å². The van der Waals surface area contributed by atoms with E-state index in [-0.39, 0.29) is 25.1 Å². The van der Waals surface area contributed by atoms with Crippen LogP contribution in [0.1, 0.15) is 28.1 Å². The number of ketones is 1. The average Bonchev–Trinajstić information content (AvgIpc) is 2.34. The van der Waals surface area contributed by atoms with E-state index in [0.717, 1.165) is 0 Å². The Bertz CT molecular complexity index is 191. The van der Waals surface area contributed by atoms with Crippen molar-refractivity contribution >= 4 is 11.7 Å². The third-order valence-electron chi connectivity index (χ3n) is 1.91. The van der Waals surface area contributed by atoms with E-state index in [1.807, 2.05) is 13.8 Å². The molecule has 1 unspecified atom stereocenters. The number of nitrogens with one attached hydrogen (secondary N) is 1. The molecule has 0 aliphatic carbocycles. The molecule has 1 saturated heterocycles. The normalized spacial score (nSPS) is 23.9. The number of Topliss-reactive ketones (excluding diaryl/α,β-unsaturated/α-hetero) is 1. The van der Waals surface area contributed by atoms with Gasteiger partial charge < -0.3 is 5.32 Å². The molecule has 1 fully saturated rings. The molecule has 0 bridgehead atoms. The van der Waals surface area contributed by atoms with Crippen LogP contribution in [0.15, 0.2) is 0 Å². The van der Waals surface area contributed by atoms with E-state index in [4.69, 9.17) is 0 Å². The third-order valence-corrected chi connectivity index (χ3v) is 1.91. The highest BCUT2D eigenvalue weighted by molar-refractivity contribution is 5.92. The molecule has 1 rings (SSSR count). The summed E-state index contributed by atoms with van der Waals surface area (Å²) in [7, 11) is 0. The highest BCUT2D eigenvalue weighted by atomic mass is 16.2. The molecule has 0 spiro atoms. The van der Waals surface area contributed by atoms with E-state index < -0.39 is 0 Å². The number of hydrogen-bond acceptors (Lipinski definition) is 2. The number of hydrogen-bond donors (Lipinski definition) is 1. The monoisotopic (exact) mass is 157 g/mol. The first-order valence-electron chi connectivity index (χ1n) is 3.94. The summed E-state index contributed by atoms with van der Waals surface area (Å²) in [6.45, 7) is 3.71. The molecule has 3 nitrogen and oxygen atoms in total. The van der Waals surface area contributed by atoms with Crippen LogP contribution >= 0.6 is 0 Å². The summed E-state index contributed by atoms with van der Waals surface area (Å²) in [6.07, 6.45) is 1.18. The second-order valence-corrected chi connectivity index (χ2v) is 3.22. The van der Waals surface area contributed by atoms with Gasteiger partial charge in [0.05, 0.1) is 6.04 Å². The molecule has 1 atom stereocenters. The standard InChI is InChI=1S/C8H13NO2.H2/c1-5(2)8(11)6-3-4-7(10)9-6;/h5-6H,3-4H2,1-2H3,(H,9,10);1H. The fraction of sp³-hybridized carbons (Fsp3) is 0.750. The Hall–Kier alpha value is -0.860. The zero-order valence-electron chi connectivity index (χ0n) is 6.89. The lowest BCUT2D eigenvalue weighted by Crippen LogP contribution is -2.35. The molecule has 64 valence electrons. The second kappa shape index (κ2) is 3.03. The van der Waals surface area contributed by atoms with Gasteiger partial charge in [0, 0.05) is 13.8 Å². The number of rotatable bonds is 2. The number of carbonyl (C=O) groups is 2. The molecule has 3 heteroatoms. The van der Waals surface area contributed by atoms with Gasteiger partial charge in [-0.2, -0.15) is 0 Å². The maximum atomic E-state index is 11.3. The van der Waals surface area contributed by atoms with Crippen LogP contribution in [-0.2, 0) is 9.59 Å². The minimum absolute atomic E-state index is 0. The van der Waals surface area contributed by atoms with Crippen molar-refractivity contribution in [3.63, 3.8) is 0 Å². The Balaban J connectivity index is 0.00000121. The molecular formula is C8H15NO2. The largest absolute Gasteiger partial charge is 0.346 e. The second-order valence-electron chi connectivity index (χ2n) is 3.22. The zero-order valence-corrected chi connectivity index (χ0v) is 6.89. The van der Waals surface area contributed by atoms with E-state index in [1.165, 1.54) is 0 Å². The third kappa shape index (κ3) is 1.79. The van der Waals surface area contributed by atoms with E-state index in [1.54, 1.807) is 0 Å². The number of amides is 1. The highest BCUT2D eigenvalue weighted by Gasteiger charge is 2.28. The first-order chi connectivity index (χ1) is 5.11. The van der Waals surface area contributed by atoms with Crippen molar-refractivity contribution in [2.75, 3.05) is 0 Å². The maximum absolute atomic E-state index is 11.3. The van der Waals surface area contributed by atoms with Crippen molar-refractivity contribution in [2.45, 2.75) is 32.7 Å². The van der Waals surface area contributed by atoms with Gasteiger partial charge in [-0.15, -0.1) is 0 Å². The van der Waals surface area contributed by atoms with Crippen molar-refractivity contribution in [3.05, 3.63) is 0 Å². The van der Waals surface area contributed by atoms with Crippen LogP contribution in [0.4, 0.5) is 0 Å². The fourth-order valence-corrected chi connectivity index (χ4v) is 1.23. The van der Waals surface area contributed by atoms with Gasteiger partial charge in [0.15, 0.2) is 5.78 Å². The minimum atomic E-state index is -0.206. The average molecular weight is 157 g/mol. The molecule has 0 aromatic heterocycles. The Morgan fingerprint density at radius 1 is 1.73 bits per heavy atom. The van der Waals surface area contributed by atoms with Crippen LogP contribution in [0.3, 0.4) is 0 Å². The van der Waals surface area contributed by atoms with E-state index in [2.05, 4.69) is 5.32 Å². The molecule has 1 N–H and O–H groups in total. The molecule has 1 amide bonds. The predicted octanol–water partition coefficient (Wildman–Crippen LogP) is 0.736. The van der Waals surface area contributed by atoms with Crippen LogP contribution in [0.25, 0.3) is 0 Å². The molecule has 1 heterocycles. The molecular weight excluding hydrogens is 142 g/mol. The molecule has 0 saturated carbocycles. The van der Waals surface area contributed by atoms with Crippen LogP contribution < -0.4 is 5.32 Å². The first kappa shape index (κ1) is 8.24. The molecule has 1 aliphatic heterocycles. The van der Waals surface area contributed by atoms with Gasteiger partial charge in [-0.05, 0) is 6.42 Å². The summed E-state index contributed by atoms with van der Waals surface area (Å²) >= 11 is 0. The quantitative estimate of drug-likeness (QED) is 0.642. The molecule has 0 aromatic carbocycles. The number of carbonyl (C=O) groups excluding carboxylic acids is 2. The molecule has 0 aromatic rings. The van der Waals surface area contributed by atoms with Crippen LogP contribution in [0, 0.1) is 5.92 Å². The molecule has 0 radical (unpaired) electrons. The van der Waals surface area contributed by atoms with Crippen LogP contribution in [-0.4, -0.2) is 17.7 Å². The summed E-state index contributed by atoms with van der Waals surface area (Å²) in [6, 6.07) is -0.206. The minimum Gasteiger partial charge on any atom is -0.346 e. The lowest BCUT2D eigenvalue weighted by molar-refractivity contribution is -0.126.